The van der Waals surface area contributed by atoms with E-state index < -0.39 is 27.6 Å². The number of methoxy groups -OCH3 is 1. The first-order valence-corrected chi connectivity index (χ1v) is 17.7. The Kier molecular flexibility index (Phi) is 9.74. The Labute approximate surface area is 271 Å². The quantitative estimate of drug-likeness (QED) is 0.235. The molecule has 236 valence electrons. The van der Waals surface area contributed by atoms with E-state index in [-0.39, 0.29) is 41.1 Å². The van der Waals surface area contributed by atoms with E-state index in [1.165, 1.54) is 18.4 Å². The van der Waals surface area contributed by atoms with Gasteiger partial charge in [0, 0.05) is 23.8 Å². The molecule has 3 aromatic rings. The van der Waals surface area contributed by atoms with Crippen LogP contribution >= 0.6 is 27.3 Å². The second kappa shape index (κ2) is 13.2. The van der Waals surface area contributed by atoms with Crippen LogP contribution in [0.25, 0.3) is 10.4 Å². The van der Waals surface area contributed by atoms with E-state index in [1.54, 1.807) is 25.1 Å². The minimum atomic E-state index is -3.42. The Morgan fingerprint density at radius 3 is 2.36 bits per heavy atom. The third kappa shape index (κ3) is 7.47. The van der Waals surface area contributed by atoms with Crippen LogP contribution in [0.4, 0.5) is 5.69 Å². The van der Waals surface area contributed by atoms with Crippen LogP contribution in [0.15, 0.2) is 59.1 Å². The van der Waals surface area contributed by atoms with Gasteiger partial charge in [-0.15, -0.1) is 11.3 Å². The number of nitrogens with one attached hydrogen (secondary N) is 1. The van der Waals surface area contributed by atoms with Crippen LogP contribution in [0.1, 0.15) is 61.7 Å². The van der Waals surface area contributed by atoms with Crippen LogP contribution < -0.4 is 10.1 Å². The molecule has 0 aliphatic carbocycles. The molecule has 2 unspecified atom stereocenters. The lowest BCUT2D eigenvalue weighted by atomic mass is 9.99. The lowest BCUT2D eigenvalue weighted by molar-refractivity contribution is -0.157. The Balaban J connectivity index is 1.30. The average Bonchev–Trinajstić information content (AvgIpc) is 3.44. The number of carbonyl (C=O) groups is 2. The molecule has 12 heteroatoms. The molecule has 1 aromatic heterocycles. The summed E-state index contributed by atoms with van der Waals surface area (Å²) in [6.07, 6.45) is 3.18. The van der Waals surface area contributed by atoms with Gasteiger partial charge in [-0.05, 0) is 85.6 Å². The Morgan fingerprint density at radius 2 is 1.73 bits per heavy atom. The minimum absolute atomic E-state index is 0.0215. The van der Waals surface area contributed by atoms with Gasteiger partial charge in [-0.3, -0.25) is 0 Å². The summed E-state index contributed by atoms with van der Waals surface area (Å²) in [6.45, 7) is 4.95. The number of anilines is 1. The van der Waals surface area contributed by atoms with Crippen molar-refractivity contribution >= 4 is 54.9 Å². The van der Waals surface area contributed by atoms with Crippen molar-refractivity contribution in [3.05, 3.63) is 69.5 Å². The lowest BCUT2D eigenvalue weighted by Gasteiger charge is -2.38. The SMILES string of the molecule is COC(=O)c1sc(-c2cccc(NC3CC4CCC(C3)N4S(=O)(=O)Cc3ccccc3)c2)c(Br)c1OCC(=O)OC(C)(C)C. The highest BCUT2D eigenvalue weighted by molar-refractivity contribution is 9.10. The second-order valence-electron chi connectivity index (χ2n) is 12.1. The van der Waals surface area contributed by atoms with E-state index in [4.69, 9.17) is 14.2 Å². The average molecular weight is 706 g/mol. The summed E-state index contributed by atoms with van der Waals surface area (Å²) in [5.41, 5.74) is 1.87. The summed E-state index contributed by atoms with van der Waals surface area (Å²) in [7, 11) is -2.13. The molecular formula is C32H37BrN2O7S2. The van der Waals surface area contributed by atoms with Gasteiger partial charge in [0.2, 0.25) is 10.0 Å². The van der Waals surface area contributed by atoms with Crippen molar-refractivity contribution in [2.45, 2.75) is 75.9 Å². The molecule has 2 atom stereocenters. The van der Waals surface area contributed by atoms with Crippen LogP contribution in [0.5, 0.6) is 5.75 Å². The molecule has 0 radical (unpaired) electrons. The number of sulfonamides is 1. The van der Waals surface area contributed by atoms with Crippen molar-refractivity contribution in [3.8, 4) is 16.2 Å². The predicted molar refractivity (Wildman–Crippen MR) is 174 cm³/mol. The molecule has 2 aliphatic heterocycles. The largest absolute Gasteiger partial charge is 0.479 e. The van der Waals surface area contributed by atoms with Gasteiger partial charge < -0.3 is 19.5 Å². The summed E-state index contributed by atoms with van der Waals surface area (Å²) in [6, 6.07) is 17.2. The molecule has 0 amide bonds. The van der Waals surface area contributed by atoms with Gasteiger partial charge in [0.05, 0.1) is 22.2 Å². The maximum atomic E-state index is 13.4. The van der Waals surface area contributed by atoms with Gasteiger partial charge in [0.25, 0.3) is 0 Å². The third-order valence-corrected chi connectivity index (χ3v) is 11.8. The maximum absolute atomic E-state index is 13.4. The molecule has 44 heavy (non-hydrogen) atoms. The first-order chi connectivity index (χ1) is 20.8. The fraction of sp³-hybridized carbons (Fsp3) is 0.438. The molecule has 2 aliphatic rings. The number of rotatable bonds is 10. The van der Waals surface area contributed by atoms with Crippen molar-refractivity contribution in [1.82, 2.24) is 4.31 Å². The summed E-state index contributed by atoms with van der Waals surface area (Å²) in [5.74, 6) is -0.873. The molecule has 9 nitrogen and oxygen atoms in total. The number of hydrogen-bond donors (Lipinski definition) is 1. The Hall–Kier alpha value is -2.93. The smallest absolute Gasteiger partial charge is 0.351 e. The maximum Gasteiger partial charge on any atom is 0.351 e. The van der Waals surface area contributed by atoms with Crippen molar-refractivity contribution in [1.29, 1.82) is 0 Å². The van der Waals surface area contributed by atoms with Gasteiger partial charge in [-0.25, -0.2) is 18.0 Å². The van der Waals surface area contributed by atoms with E-state index >= 15 is 0 Å². The zero-order chi connectivity index (χ0) is 31.6. The highest BCUT2D eigenvalue weighted by Gasteiger charge is 2.46. The monoisotopic (exact) mass is 704 g/mol. The topological polar surface area (TPSA) is 111 Å². The molecule has 3 heterocycles. The van der Waals surface area contributed by atoms with Gasteiger partial charge in [-0.2, -0.15) is 4.31 Å². The number of piperidine rings is 1. The van der Waals surface area contributed by atoms with E-state index in [9.17, 15) is 18.0 Å². The van der Waals surface area contributed by atoms with E-state index in [1.807, 2.05) is 54.6 Å². The fourth-order valence-electron chi connectivity index (χ4n) is 5.99. The van der Waals surface area contributed by atoms with Crippen molar-refractivity contribution in [3.63, 3.8) is 0 Å². The zero-order valence-corrected chi connectivity index (χ0v) is 28.4. The van der Waals surface area contributed by atoms with Gasteiger partial charge in [0.15, 0.2) is 17.2 Å². The second-order valence-corrected chi connectivity index (χ2v) is 15.8. The first kappa shape index (κ1) is 32.5. The van der Waals surface area contributed by atoms with Crippen LogP contribution in [0, 0.1) is 0 Å². The number of hydrogen-bond acceptors (Lipinski definition) is 9. The van der Waals surface area contributed by atoms with Crippen LogP contribution in [-0.4, -0.2) is 62.1 Å². The molecule has 1 N–H and O–H groups in total. The normalized spacial score (nSPS) is 20.2. The number of ether oxygens (including phenoxy) is 3. The van der Waals surface area contributed by atoms with Crippen LogP contribution in [-0.2, 0) is 30.0 Å². The molecule has 2 fully saturated rings. The Bertz CT molecular complexity index is 1600. The molecule has 2 aromatic carbocycles. The van der Waals surface area contributed by atoms with Gasteiger partial charge in [-0.1, -0.05) is 42.5 Å². The van der Waals surface area contributed by atoms with Crippen molar-refractivity contribution < 1.29 is 32.2 Å². The minimum Gasteiger partial charge on any atom is -0.479 e. The molecule has 0 spiro atoms. The number of fused-ring (bicyclic) bond motifs is 2. The zero-order valence-electron chi connectivity index (χ0n) is 25.2. The number of halogens is 1. The van der Waals surface area contributed by atoms with Crippen molar-refractivity contribution in [2.24, 2.45) is 0 Å². The van der Waals surface area contributed by atoms with Crippen LogP contribution in [0.3, 0.4) is 0 Å². The first-order valence-electron chi connectivity index (χ1n) is 14.5. The fourth-order valence-corrected chi connectivity index (χ4v) is 10.0. The highest BCUT2D eigenvalue weighted by atomic mass is 79.9. The van der Waals surface area contributed by atoms with Gasteiger partial charge in [0.1, 0.15) is 5.60 Å². The van der Waals surface area contributed by atoms with E-state index in [0.717, 1.165) is 47.4 Å². The molecule has 2 saturated heterocycles. The van der Waals surface area contributed by atoms with Crippen molar-refractivity contribution in [2.75, 3.05) is 19.0 Å². The molecule has 2 bridgehead atoms. The number of nitrogens with zero attached hydrogens (tertiary/aromatic N) is 1. The lowest BCUT2D eigenvalue weighted by Crippen LogP contribution is -2.49. The molecule has 0 saturated carbocycles. The van der Waals surface area contributed by atoms with Crippen LogP contribution in [0.2, 0.25) is 0 Å². The van der Waals surface area contributed by atoms with E-state index in [0.29, 0.717) is 4.47 Å². The predicted octanol–water partition coefficient (Wildman–Crippen LogP) is 6.62. The molecular weight excluding hydrogens is 668 g/mol. The number of esters is 2. The van der Waals surface area contributed by atoms with Gasteiger partial charge >= 0.3 is 11.9 Å². The number of carbonyl (C=O) groups excluding carboxylic acids is 2. The highest BCUT2D eigenvalue weighted by Crippen LogP contribution is 2.47. The van der Waals surface area contributed by atoms with E-state index in [2.05, 4.69) is 21.2 Å². The summed E-state index contributed by atoms with van der Waals surface area (Å²) >= 11 is 4.79. The number of benzene rings is 2. The Morgan fingerprint density at radius 1 is 1.05 bits per heavy atom. The summed E-state index contributed by atoms with van der Waals surface area (Å²) < 4.78 is 45.2. The summed E-state index contributed by atoms with van der Waals surface area (Å²) in [4.78, 5) is 25.9. The third-order valence-electron chi connectivity index (χ3n) is 7.61. The summed E-state index contributed by atoms with van der Waals surface area (Å²) in [5, 5.41) is 3.63. The standard InChI is InChI=1S/C32H37BrN2O7S2/c1-32(2,3)42-26(36)18-41-28-27(33)29(43-30(28)31(37)40-4)21-11-8-12-22(15-21)34-23-16-24-13-14-25(17-23)35(24)44(38,39)19-20-9-6-5-7-10-20/h5-12,15,23-25,34H,13-14,16-19H2,1-4H3. The molecule has 5 rings (SSSR count). The number of thiophene rings is 1.